The lowest BCUT2D eigenvalue weighted by molar-refractivity contribution is -0.122. The Morgan fingerprint density at radius 2 is 1.87 bits per heavy atom. The lowest BCUT2D eigenvalue weighted by Gasteiger charge is -2.18. The summed E-state index contributed by atoms with van der Waals surface area (Å²) in [6, 6.07) is 11.9. The summed E-state index contributed by atoms with van der Waals surface area (Å²) < 4.78 is 33.2. The topological polar surface area (TPSA) is 80.3 Å². The number of ether oxygens (including phenoxy) is 1. The Morgan fingerprint density at radius 1 is 1.07 bits per heavy atom. The van der Waals surface area contributed by atoms with Crippen molar-refractivity contribution in [2.45, 2.75) is 6.04 Å². The van der Waals surface area contributed by atoms with Gasteiger partial charge >= 0.3 is 0 Å². The molecule has 2 aromatic carbocycles. The van der Waals surface area contributed by atoms with Crippen molar-refractivity contribution < 1.29 is 23.1 Å². The highest BCUT2D eigenvalue weighted by Crippen LogP contribution is 2.23. The molecular weight excluding hydrogens is 460 g/mol. The molecule has 9 heteroatoms. The zero-order valence-electron chi connectivity index (χ0n) is 15.7. The second-order valence-electron chi connectivity index (χ2n) is 6.14. The first-order chi connectivity index (χ1) is 14.4. The summed E-state index contributed by atoms with van der Waals surface area (Å²) in [5, 5.41) is 4.88. The normalized spacial score (nSPS) is 11.5. The van der Waals surface area contributed by atoms with Crippen molar-refractivity contribution in [2.75, 3.05) is 7.05 Å². The van der Waals surface area contributed by atoms with Crippen molar-refractivity contribution >= 4 is 27.7 Å². The Bertz CT molecular complexity index is 1080. The van der Waals surface area contributed by atoms with Crippen molar-refractivity contribution in [1.82, 2.24) is 15.6 Å². The van der Waals surface area contributed by atoms with Crippen LogP contribution >= 0.6 is 15.9 Å². The molecule has 30 heavy (non-hydrogen) atoms. The summed E-state index contributed by atoms with van der Waals surface area (Å²) in [7, 11) is 1.37. The Hall–Kier alpha value is -3.33. The molecule has 3 aromatic rings. The molecule has 2 N–H and O–H groups in total. The summed E-state index contributed by atoms with van der Waals surface area (Å²) in [5.41, 5.74) is 0.261. The Kier molecular flexibility index (Phi) is 6.73. The molecule has 0 bridgehead atoms. The average Bonchev–Trinajstić information content (AvgIpc) is 2.74. The molecule has 0 saturated heterocycles. The van der Waals surface area contributed by atoms with Crippen molar-refractivity contribution in [3.63, 3.8) is 0 Å². The number of likely N-dealkylation sites (N-methyl/N-ethyl adjacent to an activating group) is 1. The number of halogens is 3. The van der Waals surface area contributed by atoms with Crippen LogP contribution in [0.2, 0.25) is 0 Å². The summed E-state index contributed by atoms with van der Waals surface area (Å²) in [5.74, 6) is -2.54. The zero-order chi connectivity index (χ0) is 21.7. The molecule has 1 atom stereocenters. The number of carbonyl (C=O) groups is 2. The maximum Gasteiger partial charge on any atom is 0.253 e. The summed E-state index contributed by atoms with van der Waals surface area (Å²) >= 11 is 3.34. The third-order valence-electron chi connectivity index (χ3n) is 4.08. The summed E-state index contributed by atoms with van der Waals surface area (Å²) in [6.45, 7) is 0. The second-order valence-corrected chi connectivity index (χ2v) is 7.05. The van der Waals surface area contributed by atoms with E-state index in [2.05, 4.69) is 31.5 Å². The van der Waals surface area contributed by atoms with Gasteiger partial charge in [0.05, 0.1) is 5.56 Å². The van der Waals surface area contributed by atoms with E-state index in [1.807, 2.05) is 6.07 Å². The molecule has 0 aliphatic carbocycles. The molecule has 1 heterocycles. The number of amides is 2. The summed E-state index contributed by atoms with van der Waals surface area (Å²) in [6.07, 6.45) is 1.29. The molecule has 154 valence electrons. The summed E-state index contributed by atoms with van der Waals surface area (Å²) in [4.78, 5) is 28.8. The highest BCUT2D eigenvalue weighted by molar-refractivity contribution is 9.10. The predicted molar refractivity (Wildman–Crippen MR) is 109 cm³/mol. The van der Waals surface area contributed by atoms with Gasteiger partial charge in [-0.05, 0) is 42.0 Å². The van der Waals surface area contributed by atoms with Gasteiger partial charge in [0.25, 0.3) is 5.91 Å². The number of pyridine rings is 1. The van der Waals surface area contributed by atoms with Crippen LogP contribution in [-0.4, -0.2) is 23.8 Å². The van der Waals surface area contributed by atoms with E-state index in [-0.39, 0.29) is 17.0 Å². The van der Waals surface area contributed by atoms with Crippen LogP contribution in [-0.2, 0) is 4.79 Å². The first-order valence-corrected chi connectivity index (χ1v) is 9.53. The van der Waals surface area contributed by atoms with Crippen molar-refractivity contribution in [1.29, 1.82) is 0 Å². The van der Waals surface area contributed by atoms with Crippen LogP contribution in [0.5, 0.6) is 11.6 Å². The molecule has 0 aliphatic heterocycles. The van der Waals surface area contributed by atoms with Gasteiger partial charge in [-0.1, -0.05) is 28.1 Å². The highest BCUT2D eigenvalue weighted by atomic mass is 79.9. The van der Waals surface area contributed by atoms with Gasteiger partial charge in [0, 0.05) is 23.8 Å². The highest BCUT2D eigenvalue weighted by Gasteiger charge is 2.23. The number of nitrogens with zero attached hydrogens (tertiary/aromatic N) is 1. The quantitative estimate of drug-likeness (QED) is 0.561. The smallest absolute Gasteiger partial charge is 0.253 e. The van der Waals surface area contributed by atoms with Crippen LogP contribution in [0.3, 0.4) is 0 Å². The molecular formula is C21H16BrF2N3O3. The second kappa shape index (κ2) is 9.45. The third-order valence-corrected chi connectivity index (χ3v) is 4.57. The molecule has 0 saturated carbocycles. The van der Waals surface area contributed by atoms with Crippen LogP contribution in [0.1, 0.15) is 22.0 Å². The van der Waals surface area contributed by atoms with E-state index in [9.17, 15) is 18.4 Å². The fraction of sp³-hybridized carbons (Fsp3) is 0.0952. The van der Waals surface area contributed by atoms with E-state index in [0.717, 1.165) is 16.6 Å². The molecule has 0 radical (unpaired) electrons. The van der Waals surface area contributed by atoms with Crippen LogP contribution in [0.15, 0.2) is 65.3 Å². The predicted octanol–water partition coefficient (Wildman–Crippen LogP) is 4.13. The largest absolute Gasteiger partial charge is 0.439 e. The fourth-order valence-corrected chi connectivity index (χ4v) is 2.96. The first kappa shape index (κ1) is 21.4. The van der Waals surface area contributed by atoms with Gasteiger partial charge < -0.3 is 15.4 Å². The van der Waals surface area contributed by atoms with E-state index in [1.54, 1.807) is 18.2 Å². The lowest BCUT2D eigenvalue weighted by Crippen LogP contribution is -2.39. The number of aromatic nitrogens is 1. The van der Waals surface area contributed by atoms with Crippen LogP contribution < -0.4 is 15.4 Å². The number of hydrogen-bond acceptors (Lipinski definition) is 4. The minimum Gasteiger partial charge on any atom is -0.439 e. The zero-order valence-corrected chi connectivity index (χ0v) is 17.2. The molecule has 0 spiro atoms. The van der Waals surface area contributed by atoms with Crippen LogP contribution in [0.25, 0.3) is 0 Å². The first-order valence-electron chi connectivity index (χ1n) is 8.74. The van der Waals surface area contributed by atoms with Gasteiger partial charge in [-0.15, -0.1) is 0 Å². The Labute approximate surface area is 179 Å². The minimum absolute atomic E-state index is 0.101. The number of carbonyl (C=O) groups excluding carboxylic acids is 2. The van der Waals surface area contributed by atoms with Crippen molar-refractivity contribution in [3.05, 3.63) is 88.0 Å². The Balaban J connectivity index is 1.75. The van der Waals surface area contributed by atoms with E-state index in [0.29, 0.717) is 5.75 Å². The SMILES string of the molecule is CNC(=O)C(NC(=O)c1ccc(Oc2cccc(Br)c2)nc1)c1ccc(F)c(F)c1. The maximum absolute atomic E-state index is 13.6. The molecule has 6 nitrogen and oxygen atoms in total. The van der Waals surface area contributed by atoms with Gasteiger partial charge in [0.2, 0.25) is 11.8 Å². The minimum atomic E-state index is -1.21. The van der Waals surface area contributed by atoms with E-state index in [1.165, 1.54) is 31.4 Å². The maximum atomic E-state index is 13.6. The number of hydrogen-bond donors (Lipinski definition) is 2. The van der Waals surface area contributed by atoms with Gasteiger partial charge in [-0.25, -0.2) is 13.8 Å². The van der Waals surface area contributed by atoms with E-state index < -0.39 is 29.5 Å². The van der Waals surface area contributed by atoms with Crippen LogP contribution in [0, 0.1) is 11.6 Å². The van der Waals surface area contributed by atoms with Gasteiger partial charge in [-0.2, -0.15) is 0 Å². The molecule has 0 aliphatic rings. The number of rotatable bonds is 6. The molecule has 1 unspecified atom stereocenters. The van der Waals surface area contributed by atoms with Gasteiger partial charge in [0.1, 0.15) is 11.8 Å². The van der Waals surface area contributed by atoms with Crippen LogP contribution in [0.4, 0.5) is 8.78 Å². The monoisotopic (exact) mass is 475 g/mol. The Morgan fingerprint density at radius 3 is 2.50 bits per heavy atom. The standard InChI is InChI=1S/C21H16BrF2N3O3/c1-25-21(29)19(12-5-7-16(23)17(24)9-12)27-20(28)13-6-8-18(26-11-13)30-15-4-2-3-14(22)10-15/h2-11,19H,1H3,(H,25,29)(H,27,28). The number of benzene rings is 2. The molecule has 3 rings (SSSR count). The van der Waals surface area contributed by atoms with Crippen molar-refractivity contribution in [3.8, 4) is 11.6 Å². The number of nitrogens with one attached hydrogen (secondary N) is 2. The molecule has 2 amide bonds. The lowest BCUT2D eigenvalue weighted by atomic mass is 10.1. The molecule has 1 aromatic heterocycles. The third kappa shape index (κ3) is 5.18. The fourth-order valence-electron chi connectivity index (χ4n) is 2.58. The van der Waals surface area contributed by atoms with Crippen molar-refractivity contribution in [2.24, 2.45) is 0 Å². The average molecular weight is 476 g/mol. The molecule has 0 fully saturated rings. The van der Waals surface area contributed by atoms with Gasteiger partial charge in [-0.3, -0.25) is 9.59 Å². The van der Waals surface area contributed by atoms with E-state index in [4.69, 9.17) is 4.74 Å². The van der Waals surface area contributed by atoms with E-state index >= 15 is 0 Å². The van der Waals surface area contributed by atoms with Gasteiger partial charge in [0.15, 0.2) is 11.6 Å².